The van der Waals surface area contributed by atoms with Crippen LogP contribution >= 0.6 is 31.9 Å². The maximum absolute atomic E-state index is 12.2. The number of halogens is 2. The van der Waals surface area contributed by atoms with E-state index < -0.39 is 10.0 Å². The average Bonchev–Trinajstić information content (AvgIpc) is 2.32. The first kappa shape index (κ1) is 13.5. The van der Waals surface area contributed by atoms with Gasteiger partial charge in [-0.05, 0) is 56.1 Å². The fourth-order valence-electron chi connectivity index (χ4n) is 1.32. The van der Waals surface area contributed by atoms with E-state index in [0.29, 0.717) is 14.8 Å². The molecule has 0 spiro atoms. The molecule has 0 saturated heterocycles. The fourth-order valence-corrected chi connectivity index (χ4v) is 3.88. The van der Waals surface area contributed by atoms with Crippen molar-refractivity contribution in [1.29, 1.82) is 0 Å². The van der Waals surface area contributed by atoms with Crippen molar-refractivity contribution in [3.63, 3.8) is 0 Å². The second-order valence-electron chi connectivity index (χ2n) is 3.38. The molecular formula is C11H8Br2N2O2S. The number of nitrogens with one attached hydrogen (secondary N) is 1. The van der Waals surface area contributed by atoms with Gasteiger partial charge in [0.05, 0.1) is 5.69 Å². The number of nitrogens with zero attached hydrogens (tertiary/aromatic N) is 1. The molecule has 2 rings (SSSR count). The molecule has 0 atom stereocenters. The van der Waals surface area contributed by atoms with E-state index in [2.05, 4.69) is 41.6 Å². The van der Waals surface area contributed by atoms with Crippen molar-refractivity contribution in [3.8, 4) is 0 Å². The summed E-state index contributed by atoms with van der Waals surface area (Å²) in [5.41, 5.74) is 0.397. The van der Waals surface area contributed by atoms with Gasteiger partial charge in [-0.15, -0.1) is 0 Å². The Balaban J connectivity index is 2.40. The fraction of sp³-hybridized carbons (Fsp3) is 0. The zero-order valence-corrected chi connectivity index (χ0v) is 13.0. The van der Waals surface area contributed by atoms with Crippen LogP contribution in [0.2, 0.25) is 0 Å². The summed E-state index contributed by atoms with van der Waals surface area (Å²) in [5.74, 6) is 0. The smallest absolute Gasteiger partial charge is 0.263 e. The van der Waals surface area contributed by atoms with Crippen molar-refractivity contribution in [1.82, 2.24) is 4.98 Å². The van der Waals surface area contributed by atoms with Crippen LogP contribution in [-0.2, 0) is 10.0 Å². The molecule has 7 heteroatoms. The van der Waals surface area contributed by atoms with Crippen LogP contribution in [0.1, 0.15) is 0 Å². The predicted octanol–water partition coefficient (Wildman–Crippen LogP) is 3.41. The number of aromatic nitrogens is 1. The summed E-state index contributed by atoms with van der Waals surface area (Å²) in [7, 11) is -3.63. The van der Waals surface area contributed by atoms with Crippen molar-refractivity contribution in [2.75, 3.05) is 4.72 Å². The highest BCUT2D eigenvalue weighted by Gasteiger charge is 2.18. The monoisotopic (exact) mass is 390 g/mol. The van der Waals surface area contributed by atoms with Crippen molar-refractivity contribution in [3.05, 3.63) is 51.7 Å². The topological polar surface area (TPSA) is 59.1 Å². The van der Waals surface area contributed by atoms with Crippen LogP contribution in [0.4, 0.5) is 5.69 Å². The molecule has 2 aromatic rings. The SMILES string of the molecule is O=S(=O)(Nc1cccnc1Br)c1ccccc1Br. The number of hydrogen-bond donors (Lipinski definition) is 1. The number of hydrogen-bond acceptors (Lipinski definition) is 3. The summed E-state index contributed by atoms with van der Waals surface area (Å²) in [6.07, 6.45) is 1.57. The van der Waals surface area contributed by atoms with Crippen molar-refractivity contribution < 1.29 is 8.42 Å². The molecule has 0 radical (unpaired) electrons. The molecule has 0 fully saturated rings. The first-order valence-electron chi connectivity index (χ1n) is 4.88. The maximum atomic E-state index is 12.2. The van der Waals surface area contributed by atoms with E-state index in [4.69, 9.17) is 0 Å². The van der Waals surface area contributed by atoms with Crippen molar-refractivity contribution in [2.24, 2.45) is 0 Å². The van der Waals surface area contributed by atoms with Gasteiger partial charge < -0.3 is 0 Å². The molecule has 1 aromatic heterocycles. The van der Waals surface area contributed by atoms with E-state index in [1.165, 1.54) is 6.07 Å². The average molecular weight is 392 g/mol. The normalized spacial score (nSPS) is 11.2. The summed E-state index contributed by atoms with van der Waals surface area (Å²) in [6.45, 7) is 0. The van der Waals surface area contributed by atoms with Gasteiger partial charge in [0.2, 0.25) is 0 Å². The van der Waals surface area contributed by atoms with Gasteiger partial charge in [0, 0.05) is 10.7 Å². The molecular weight excluding hydrogens is 384 g/mol. The van der Waals surface area contributed by atoms with E-state index in [1.807, 2.05) is 0 Å². The molecule has 0 aliphatic rings. The van der Waals surface area contributed by atoms with Crippen LogP contribution < -0.4 is 4.72 Å². The van der Waals surface area contributed by atoms with E-state index >= 15 is 0 Å². The van der Waals surface area contributed by atoms with E-state index in [9.17, 15) is 8.42 Å². The van der Waals surface area contributed by atoms with Crippen LogP contribution in [0.25, 0.3) is 0 Å². The third-order valence-corrected chi connectivity index (χ3v) is 5.14. The van der Waals surface area contributed by atoms with Crippen molar-refractivity contribution in [2.45, 2.75) is 4.90 Å². The third-order valence-electron chi connectivity index (χ3n) is 2.13. The van der Waals surface area contributed by atoms with Gasteiger partial charge in [-0.1, -0.05) is 12.1 Å². The first-order chi connectivity index (χ1) is 8.50. The first-order valence-corrected chi connectivity index (χ1v) is 7.95. The molecule has 0 aliphatic heterocycles. The highest BCUT2D eigenvalue weighted by molar-refractivity contribution is 9.10. The van der Waals surface area contributed by atoms with Crippen LogP contribution in [0.15, 0.2) is 56.6 Å². The molecule has 1 N–H and O–H groups in total. The quantitative estimate of drug-likeness (QED) is 0.815. The molecule has 94 valence electrons. The number of benzene rings is 1. The Morgan fingerprint density at radius 3 is 2.44 bits per heavy atom. The number of pyridine rings is 1. The molecule has 0 unspecified atom stereocenters. The van der Waals surface area contributed by atoms with Crippen molar-refractivity contribution >= 4 is 47.6 Å². The zero-order valence-electron chi connectivity index (χ0n) is 8.97. The number of anilines is 1. The Morgan fingerprint density at radius 2 is 1.78 bits per heavy atom. The van der Waals surface area contributed by atoms with Gasteiger partial charge in [0.25, 0.3) is 10.0 Å². The molecule has 18 heavy (non-hydrogen) atoms. The molecule has 0 saturated carbocycles. The van der Waals surface area contributed by atoms with Gasteiger partial charge in [0.15, 0.2) is 0 Å². The largest absolute Gasteiger partial charge is 0.277 e. The summed E-state index contributed by atoms with van der Waals surface area (Å²) >= 11 is 6.41. The van der Waals surface area contributed by atoms with Crippen LogP contribution in [0.3, 0.4) is 0 Å². The van der Waals surface area contributed by atoms with Gasteiger partial charge in [0.1, 0.15) is 9.50 Å². The third kappa shape index (κ3) is 2.90. The minimum absolute atomic E-state index is 0.181. The molecule has 0 amide bonds. The zero-order chi connectivity index (χ0) is 13.2. The second-order valence-corrected chi connectivity index (χ2v) is 6.63. The summed E-state index contributed by atoms with van der Waals surface area (Å²) in [6, 6.07) is 9.90. The number of sulfonamides is 1. The molecule has 0 bridgehead atoms. The van der Waals surface area contributed by atoms with E-state index in [-0.39, 0.29) is 4.90 Å². The van der Waals surface area contributed by atoms with Gasteiger partial charge in [-0.3, -0.25) is 4.72 Å². The van der Waals surface area contributed by atoms with Crippen LogP contribution in [0.5, 0.6) is 0 Å². The lowest BCUT2D eigenvalue weighted by atomic mass is 10.4. The Hall–Kier alpha value is -0.920. The Kier molecular flexibility index (Phi) is 4.04. The molecule has 1 aromatic carbocycles. The molecule has 0 aliphatic carbocycles. The lowest BCUT2D eigenvalue weighted by molar-refractivity contribution is 0.600. The summed E-state index contributed by atoms with van der Waals surface area (Å²) in [5, 5.41) is 0. The van der Waals surface area contributed by atoms with Gasteiger partial charge in [-0.25, -0.2) is 13.4 Å². The summed E-state index contributed by atoms with van der Waals surface area (Å²) < 4.78 is 27.8. The van der Waals surface area contributed by atoms with Gasteiger partial charge >= 0.3 is 0 Å². The highest BCUT2D eigenvalue weighted by atomic mass is 79.9. The minimum atomic E-state index is -3.63. The van der Waals surface area contributed by atoms with Crippen LogP contribution in [0, 0.1) is 0 Å². The van der Waals surface area contributed by atoms with Crippen LogP contribution in [-0.4, -0.2) is 13.4 Å². The highest BCUT2D eigenvalue weighted by Crippen LogP contribution is 2.26. The van der Waals surface area contributed by atoms with E-state index in [0.717, 1.165) is 0 Å². The van der Waals surface area contributed by atoms with Gasteiger partial charge in [-0.2, -0.15) is 0 Å². The lowest BCUT2D eigenvalue weighted by Crippen LogP contribution is -2.14. The Bertz CT molecular complexity index is 674. The minimum Gasteiger partial charge on any atom is -0.277 e. The Morgan fingerprint density at radius 1 is 1.06 bits per heavy atom. The second kappa shape index (κ2) is 5.38. The molecule has 1 heterocycles. The standard InChI is InChI=1S/C11H8Br2N2O2S/c12-8-4-1-2-6-10(8)18(16,17)15-9-5-3-7-14-11(9)13/h1-7,15H. The number of rotatable bonds is 3. The predicted molar refractivity (Wildman–Crippen MR) is 76.9 cm³/mol. The maximum Gasteiger partial charge on any atom is 0.263 e. The Labute approximate surface area is 122 Å². The molecule has 4 nitrogen and oxygen atoms in total. The lowest BCUT2D eigenvalue weighted by Gasteiger charge is -2.10. The van der Waals surface area contributed by atoms with E-state index in [1.54, 1.807) is 36.5 Å². The summed E-state index contributed by atoms with van der Waals surface area (Å²) in [4.78, 5) is 4.14.